The van der Waals surface area contributed by atoms with Crippen LogP contribution in [-0.2, 0) is 0 Å². The second kappa shape index (κ2) is 7.08. The lowest BCUT2D eigenvalue weighted by Gasteiger charge is -2.12. The van der Waals surface area contributed by atoms with Crippen LogP contribution in [0.3, 0.4) is 0 Å². The molecule has 2 aromatic carbocycles. The Morgan fingerprint density at radius 3 is 2.33 bits per heavy atom. The number of carbonyl (C=O) groups is 1. The molecule has 1 aromatic heterocycles. The van der Waals surface area contributed by atoms with Gasteiger partial charge in [-0.1, -0.05) is 60.7 Å². The first-order valence-electron chi connectivity index (χ1n) is 8.08. The zero-order valence-electron chi connectivity index (χ0n) is 13.8. The first kappa shape index (κ1) is 15.9. The van der Waals surface area contributed by atoms with Crippen LogP contribution < -0.4 is 5.32 Å². The van der Waals surface area contributed by atoms with E-state index in [4.69, 9.17) is 0 Å². The maximum atomic E-state index is 12.6. The Bertz CT molecular complexity index is 812. The van der Waals surface area contributed by atoms with E-state index in [0.29, 0.717) is 11.4 Å². The molecule has 0 fully saturated rings. The predicted molar refractivity (Wildman–Crippen MR) is 94.0 cm³/mol. The van der Waals surface area contributed by atoms with Crippen LogP contribution in [0.15, 0.2) is 60.7 Å². The van der Waals surface area contributed by atoms with E-state index in [9.17, 15) is 4.79 Å². The molecule has 1 unspecified atom stereocenters. The zero-order valence-corrected chi connectivity index (χ0v) is 13.8. The number of para-hydroxylation sites is 1. The van der Waals surface area contributed by atoms with Gasteiger partial charge < -0.3 is 5.32 Å². The number of amides is 1. The molecule has 1 amide bonds. The smallest absolute Gasteiger partial charge is 0.274 e. The molecule has 0 aliphatic heterocycles. The molecule has 0 saturated heterocycles. The van der Waals surface area contributed by atoms with Gasteiger partial charge in [0, 0.05) is 11.6 Å². The van der Waals surface area contributed by atoms with Gasteiger partial charge >= 0.3 is 0 Å². The third-order valence-corrected chi connectivity index (χ3v) is 3.92. The third kappa shape index (κ3) is 3.20. The van der Waals surface area contributed by atoms with Crippen LogP contribution in [0.2, 0.25) is 0 Å². The number of aromatic nitrogens is 3. The Hall–Kier alpha value is -2.95. The number of nitrogens with zero attached hydrogens (tertiary/aromatic N) is 3. The van der Waals surface area contributed by atoms with Crippen LogP contribution in [-0.4, -0.2) is 26.9 Å². The van der Waals surface area contributed by atoms with E-state index in [-0.39, 0.29) is 11.9 Å². The van der Waals surface area contributed by atoms with E-state index < -0.39 is 0 Å². The summed E-state index contributed by atoms with van der Waals surface area (Å²) in [6, 6.07) is 19.5. The van der Waals surface area contributed by atoms with E-state index in [0.717, 1.165) is 17.7 Å². The second-order valence-corrected chi connectivity index (χ2v) is 5.68. The predicted octanol–water partition coefficient (Wildman–Crippen LogP) is 3.46. The molecule has 5 nitrogen and oxygen atoms in total. The van der Waals surface area contributed by atoms with E-state index in [1.807, 2.05) is 74.5 Å². The maximum Gasteiger partial charge on any atom is 0.274 e. The molecule has 0 spiro atoms. The SMILES string of the molecule is CCC(C)NC(=O)c1nnn(-c2ccccc2)c1-c1ccccc1. The lowest BCUT2D eigenvalue weighted by Crippen LogP contribution is -2.32. The summed E-state index contributed by atoms with van der Waals surface area (Å²) in [7, 11) is 0. The van der Waals surface area contributed by atoms with Crippen molar-refractivity contribution in [3.8, 4) is 16.9 Å². The Labute approximate surface area is 141 Å². The van der Waals surface area contributed by atoms with Crippen molar-refractivity contribution in [1.82, 2.24) is 20.3 Å². The van der Waals surface area contributed by atoms with Crippen molar-refractivity contribution in [2.75, 3.05) is 0 Å². The number of benzene rings is 2. The van der Waals surface area contributed by atoms with Crippen molar-refractivity contribution in [3.63, 3.8) is 0 Å². The molecule has 5 heteroatoms. The normalized spacial score (nSPS) is 11.9. The average molecular weight is 320 g/mol. The van der Waals surface area contributed by atoms with Gasteiger partial charge in [0.1, 0.15) is 5.69 Å². The van der Waals surface area contributed by atoms with Gasteiger partial charge in [0.2, 0.25) is 0 Å². The zero-order chi connectivity index (χ0) is 16.9. The molecule has 24 heavy (non-hydrogen) atoms. The molecule has 0 bridgehead atoms. The summed E-state index contributed by atoms with van der Waals surface area (Å²) in [6.45, 7) is 4.01. The second-order valence-electron chi connectivity index (χ2n) is 5.68. The van der Waals surface area contributed by atoms with Crippen molar-refractivity contribution in [1.29, 1.82) is 0 Å². The number of rotatable bonds is 5. The lowest BCUT2D eigenvalue weighted by molar-refractivity contribution is 0.0935. The summed E-state index contributed by atoms with van der Waals surface area (Å²) in [5.74, 6) is -0.203. The van der Waals surface area contributed by atoms with Gasteiger partial charge in [-0.2, -0.15) is 0 Å². The fourth-order valence-corrected chi connectivity index (χ4v) is 2.43. The minimum atomic E-state index is -0.203. The Morgan fingerprint density at radius 1 is 1.08 bits per heavy atom. The van der Waals surface area contributed by atoms with Gasteiger partial charge in [-0.05, 0) is 25.5 Å². The average Bonchev–Trinajstić information content (AvgIpc) is 3.08. The van der Waals surface area contributed by atoms with E-state index in [1.54, 1.807) is 4.68 Å². The number of nitrogens with one attached hydrogen (secondary N) is 1. The van der Waals surface area contributed by atoms with Gasteiger partial charge in [-0.25, -0.2) is 4.68 Å². The highest BCUT2D eigenvalue weighted by Crippen LogP contribution is 2.25. The molecule has 1 atom stereocenters. The highest BCUT2D eigenvalue weighted by Gasteiger charge is 2.22. The molecular formula is C19H20N4O. The van der Waals surface area contributed by atoms with E-state index >= 15 is 0 Å². The molecule has 3 rings (SSSR count). The van der Waals surface area contributed by atoms with Gasteiger partial charge in [-0.3, -0.25) is 4.79 Å². The Balaban J connectivity index is 2.10. The van der Waals surface area contributed by atoms with Crippen LogP contribution in [0, 0.1) is 0 Å². The van der Waals surface area contributed by atoms with Crippen LogP contribution in [0.4, 0.5) is 0 Å². The minimum Gasteiger partial charge on any atom is -0.348 e. The van der Waals surface area contributed by atoms with Crippen molar-refractivity contribution < 1.29 is 4.79 Å². The van der Waals surface area contributed by atoms with Gasteiger partial charge in [0.15, 0.2) is 5.69 Å². The first-order chi connectivity index (χ1) is 11.7. The number of carbonyl (C=O) groups excluding carboxylic acids is 1. The number of hydrogen-bond acceptors (Lipinski definition) is 3. The molecule has 122 valence electrons. The Morgan fingerprint density at radius 2 is 1.71 bits per heavy atom. The quantitative estimate of drug-likeness (QED) is 0.783. The van der Waals surface area contributed by atoms with Gasteiger partial charge in [-0.15, -0.1) is 5.10 Å². The van der Waals surface area contributed by atoms with E-state index in [1.165, 1.54) is 0 Å². The highest BCUT2D eigenvalue weighted by atomic mass is 16.2. The lowest BCUT2D eigenvalue weighted by atomic mass is 10.1. The van der Waals surface area contributed by atoms with Crippen LogP contribution in [0.1, 0.15) is 30.8 Å². The van der Waals surface area contributed by atoms with Crippen molar-refractivity contribution in [2.45, 2.75) is 26.3 Å². The topological polar surface area (TPSA) is 59.8 Å². The van der Waals surface area contributed by atoms with Crippen LogP contribution >= 0.6 is 0 Å². The molecule has 1 N–H and O–H groups in total. The van der Waals surface area contributed by atoms with Crippen molar-refractivity contribution >= 4 is 5.91 Å². The first-order valence-corrected chi connectivity index (χ1v) is 8.08. The summed E-state index contributed by atoms with van der Waals surface area (Å²) >= 11 is 0. The monoisotopic (exact) mass is 320 g/mol. The fourth-order valence-electron chi connectivity index (χ4n) is 2.43. The summed E-state index contributed by atoms with van der Waals surface area (Å²) in [5.41, 5.74) is 2.81. The molecule has 0 aliphatic rings. The molecule has 3 aromatic rings. The summed E-state index contributed by atoms with van der Waals surface area (Å²) in [5, 5.41) is 11.3. The minimum absolute atomic E-state index is 0.0861. The summed E-state index contributed by atoms with van der Waals surface area (Å²) in [6.07, 6.45) is 0.860. The number of hydrogen-bond donors (Lipinski definition) is 1. The molecular weight excluding hydrogens is 300 g/mol. The van der Waals surface area contributed by atoms with Crippen LogP contribution in [0.25, 0.3) is 16.9 Å². The van der Waals surface area contributed by atoms with Crippen molar-refractivity contribution in [2.24, 2.45) is 0 Å². The van der Waals surface area contributed by atoms with Gasteiger partial charge in [0.25, 0.3) is 5.91 Å². The molecule has 0 aliphatic carbocycles. The maximum absolute atomic E-state index is 12.6. The Kier molecular flexibility index (Phi) is 4.70. The summed E-state index contributed by atoms with van der Waals surface area (Å²) < 4.78 is 1.71. The highest BCUT2D eigenvalue weighted by molar-refractivity contribution is 5.98. The van der Waals surface area contributed by atoms with E-state index in [2.05, 4.69) is 15.6 Å². The largest absolute Gasteiger partial charge is 0.348 e. The fraction of sp³-hybridized carbons (Fsp3) is 0.211. The molecule has 1 heterocycles. The summed E-state index contributed by atoms with van der Waals surface area (Å²) in [4.78, 5) is 12.6. The van der Waals surface area contributed by atoms with Crippen molar-refractivity contribution in [3.05, 3.63) is 66.4 Å². The van der Waals surface area contributed by atoms with Gasteiger partial charge in [0.05, 0.1) is 5.69 Å². The third-order valence-electron chi connectivity index (χ3n) is 3.92. The van der Waals surface area contributed by atoms with Crippen LogP contribution in [0.5, 0.6) is 0 Å². The standard InChI is InChI=1S/C19H20N4O/c1-3-14(2)20-19(24)17-18(15-10-6-4-7-11-15)23(22-21-17)16-12-8-5-9-13-16/h4-14H,3H2,1-2H3,(H,20,24). The molecule has 0 saturated carbocycles. The molecule has 0 radical (unpaired) electrons.